The minimum absolute atomic E-state index is 0.145. The molecular weight excluding hydrogens is 246 g/mol. The van der Waals surface area contributed by atoms with Crippen molar-refractivity contribution in [2.45, 2.75) is 19.4 Å². The molecule has 0 spiro atoms. The Bertz CT molecular complexity index is 548. The summed E-state index contributed by atoms with van der Waals surface area (Å²) < 4.78 is 0. The van der Waals surface area contributed by atoms with E-state index in [1.807, 2.05) is 30.3 Å². The van der Waals surface area contributed by atoms with Gasteiger partial charge in [0.05, 0.1) is 6.54 Å². The molecule has 1 fully saturated rings. The van der Waals surface area contributed by atoms with Crippen molar-refractivity contribution in [3.8, 4) is 10.6 Å². The molecule has 0 atom stereocenters. The van der Waals surface area contributed by atoms with E-state index in [2.05, 4.69) is 15.5 Å². The van der Waals surface area contributed by atoms with Crippen LogP contribution in [0.15, 0.2) is 30.3 Å². The summed E-state index contributed by atoms with van der Waals surface area (Å²) in [6, 6.07) is 9.94. The van der Waals surface area contributed by atoms with Crippen LogP contribution in [0.5, 0.6) is 0 Å². The van der Waals surface area contributed by atoms with E-state index in [4.69, 9.17) is 0 Å². The predicted molar refractivity (Wildman–Crippen MR) is 69.9 cm³/mol. The van der Waals surface area contributed by atoms with Crippen LogP contribution in [-0.2, 0) is 11.3 Å². The van der Waals surface area contributed by atoms with Crippen LogP contribution in [0.4, 0.5) is 0 Å². The maximum absolute atomic E-state index is 11.5. The van der Waals surface area contributed by atoms with Gasteiger partial charge in [0, 0.05) is 11.5 Å². The monoisotopic (exact) mass is 259 g/mol. The summed E-state index contributed by atoms with van der Waals surface area (Å²) in [4.78, 5) is 11.5. The van der Waals surface area contributed by atoms with Crippen molar-refractivity contribution in [3.63, 3.8) is 0 Å². The zero-order valence-corrected chi connectivity index (χ0v) is 10.6. The molecule has 1 aromatic carbocycles. The molecule has 0 saturated heterocycles. The lowest BCUT2D eigenvalue weighted by molar-refractivity contribution is -0.122. The molecule has 1 amide bonds. The summed E-state index contributed by atoms with van der Waals surface area (Å²) in [5.74, 6) is 0.387. The quantitative estimate of drug-likeness (QED) is 0.916. The van der Waals surface area contributed by atoms with Crippen molar-refractivity contribution in [2.24, 2.45) is 5.92 Å². The minimum atomic E-state index is 0.145. The van der Waals surface area contributed by atoms with Gasteiger partial charge in [-0.15, -0.1) is 10.2 Å². The number of nitrogens with one attached hydrogen (secondary N) is 1. The van der Waals surface area contributed by atoms with E-state index in [0.29, 0.717) is 6.54 Å². The van der Waals surface area contributed by atoms with E-state index in [9.17, 15) is 4.79 Å². The van der Waals surface area contributed by atoms with E-state index in [0.717, 1.165) is 28.4 Å². The number of aromatic nitrogens is 2. The van der Waals surface area contributed by atoms with Gasteiger partial charge in [0.25, 0.3) is 0 Å². The molecule has 5 heteroatoms. The topological polar surface area (TPSA) is 54.9 Å². The van der Waals surface area contributed by atoms with Crippen molar-refractivity contribution in [1.29, 1.82) is 0 Å². The van der Waals surface area contributed by atoms with Gasteiger partial charge in [0.15, 0.2) is 0 Å². The third-order valence-electron chi connectivity index (χ3n) is 2.85. The van der Waals surface area contributed by atoms with Crippen molar-refractivity contribution in [1.82, 2.24) is 15.5 Å². The molecule has 1 aliphatic rings. The fourth-order valence-corrected chi connectivity index (χ4v) is 2.46. The zero-order valence-electron chi connectivity index (χ0n) is 9.80. The number of nitrogens with zero attached hydrogens (tertiary/aromatic N) is 2. The van der Waals surface area contributed by atoms with Crippen LogP contribution in [0, 0.1) is 5.92 Å². The number of hydrogen-bond donors (Lipinski definition) is 1. The molecule has 1 aliphatic carbocycles. The zero-order chi connectivity index (χ0) is 12.4. The van der Waals surface area contributed by atoms with Gasteiger partial charge in [-0.25, -0.2) is 0 Å². The largest absolute Gasteiger partial charge is 0.349 e. The Morgan fingerprint density at radius 1 is 1.28 bits per heavy atom. The van der Waals surface area contributed by atoms with Gasteiger partial charge >= 0.3 is 0 Å². The Morgan fingerprint density at radius 3 is 2.78 bits per heavy atom. The molecule has 0 bridgehead atoms. The fourth-order valence-electron chi connectivity index (χ4n) is 1.68. The third kappa shape index (κ3) is 2.56. The number of benzene rings is 1. The Morgan fingerprint density at radius 2 is 2.06 bits per heavy atom. The van der Waals surface area contributed by atoms with Crippen molar-refractivity contribution >= 4 is 17.2 Å². The molecule has 0 radical (unpaired) electrons. The maximum Gasteiger partial charge on any atom is 0.223 e. The third-order valence-corrected chi connectivity index (χ3v) is 3.82. The lowest BCUT2D eigenvalue weighted by Crippen LogP contribution is -2.24. The van der Waals surface area contributed by atoms with Crippen LogP contribution in [-0.4, -0.2) is 16.1 Å². The first kappa shape index (κ1) is 11.3. The van der Waals surface area contributed by atoms with Crippen LogP contribution in [0.3, 0.4) is 0 Å². The molecular formula is C13H13N3OS. The van der Waals surface area contributed by atoms with Crippen molar-refractivity contribution < 1.29 is 4.79 Å². The number of carbonyl (C=O) groups excluding carboxylic acids is 1. The van der Waals surface area contributed by atoms with Gasteiger partial charge in [-0.05, 0) is 12.8 Å². The molecule has 4 nitrogen and oxygen atoms in total. The summed E-state index contributed by atoms with van der Waals surface area (Å²) in [5.41, 5.74) is 1.06. The number of hydrogen-bond acceptors (Lipinski definition) is 4. The van der Waals surface area contributed by atoms with Crippen LogP contribution in [0.25, 0.3) is 10.6 Å². The number of rotatable bonds is 4. The van der Waals surface area contributed by atoms with Crippen LogP contribution in [0.1, 0.15) is 17.8 Å². The predicted octanol–water partition coefficient (Wildman–Crippen LogP) is 2.23. The Kier molecular flexibility index (Phi) is 3.06. The van der Waals surface area contributed by atoms with Crippen LogP contribution >= 0.6 is 11.3 Å². The minimum Gasteiger partial charge on any atom is -0.349 e. The standard InChI is InChI=1S/C13H13N3OS/c17-12(9-6-7-9)14-8-11-15-16-13(18-11)10-4-2-1-3-5-10/h1-5,9H,6-8H2,(H,14,17). The molecule has 1 N–H and O–H groups in total. The SMILES string of the molecule is O=C(NCc1nnc(-c2ccccc2)s1)C1CC1. The highest BCUT2D eigenvalue weighted by Crippen LogP contribution is 2.29. The van der Waals surface area contributed by atoms with Crippen LogP contribution in [0.2, 0.25) is 0 Å². The summed E-state index contributed by atoms with van der Waals surface area (Å²) in [7, 11) is 0. The highest BCUT2D eigenvalue weighted by Gasteiger charge is 2.29. The Hall–Kier alpha value is -1.75. The second-order valence-corrected chi connectivity index (χ2v) is 5.42. The van der Waals surface area contributed by atoms with Crippen molar-refractivity contribution in [2.75, 3.05) is 0 Å². The van der Waals surface area contributed by atoms with Gasteiger partial charge in [0.2, 0.25) is 5.91 Å². The smallest absolute Gasteiger partial charge is 0.223 e. The normalized spacial score (nSPS) is 14.4. The second kappa shape index (κ2) is 4.86. The molecule has 18 heavy (non-hydrogen) atoms. The first-order chi connectivity index (χ1) is 8.83. The van der Waals surface area contributed by atoms with E-state index in [1.54, 1.807) is 0 Å². The Balaban J connectivity index is 1.64. The van der Waals surface area contributed by atoms with Gasteiger partial charge in [0.1, 0.15) is 10.0 Å². The van der Waals surface area contributed by atoms with Crippen molar-refractivity contribution in [3.05, 3.63) is 35.3 Å². The summed E-state index contributed by atoms with van der Waals surface area (Å²) >= 11 is 1.52. The summed E-state index contributed by atoms with van der Waals surface area (Å²) in [6.07, 6.45) is 2.05. The second-order valence-electron chi connectivity index (χ2n) is 4.36. The molecule has 1 heterocycles. The lowest BCUT2D eigenvalue weighted by Gasteiger charge is -1.99. The van der Waals surface area contributed by atoms with Gasteiger partial charge < -0.3 is 5.32 Å². The molecule has 1 saturated carbocycles. The number of amides is 1. The molecule has 1 aromatic heterocycles. The lowest BCUT2D eigenvalue weighted by atomic mass is 10.2. The summed E-state index contributed by atoms with van der Waals surface area (Å²) in [5, 5.41) is 12.9. The van der Waals surface area contributed by atoms with Gasteiger partial charge in [-0.3, -0.25) is 4.79 Å². The Labute approximate surface area is 109 Å². The fraction of sp³-hybridized carbons (Fsp3) is 0.308. The van der Waals surface area contributed by atoms with E-state index in [-0.39, 0.29) is 11.8 Å². The molecule has 3 rings (SSSR count). The van der Waals surface area contributed by atoms with Crippen LogP contribution < -0.4 is 5.32 Å². The maximum atomic E-state index is 11.5. The number of carbonyl (C=O) groups is 1. The molecule has 92 valence electrons. The highest BCUT2D eigenvalue weighted by atomic mass is 32.1. The van der Waals surface area contributed by atoms with E-state index < -0.39 is 0 Å². The van der Waals surface area contributed by atoms with E-state index in [1.165, 1.54) is 11.3 Å². The van der Waals surface area contributed by atoms with E-state index >= 15 is 0 Å². The first-order valence-corrected chi connectivity index (χ1v) is 6.80. The van der Waals surface area contributed by atoms with Gasteiger partial charge in [-0.2, -0.15) is 0 Å². The average Bonchev–Trinajstić information content (AvgIpc) is 3.16. The molecule has 0 unspecified atom stereocenters. The average molecular weight is 259 g/mol. The van der Waals surface area contributed by atoms with Gasteiger partial charge in [-0.1, -0.05) is 41.7 Å². The molecule has 2 aromatic rings. The molecule has 0 aliphatic heterocycles. The highest BCUT2D eigenvalue weighted by molar-refractivity contribution is 7.14. The summed E-state index contributed by atoms with van der Waals surface area (Å²) in [6.45, 7) is 0.486. The first-order valence-electron chi connectivity index (χ1n) is 5.98.